The Morgan fingerprint density at radius 2 is 1.49 bits per heavy atom. The van der Waals surface area contributed by atoms with Crippen molar-refractivity contribution in [1.29, 1.82) is 0 Å². The lowest BCUT2D eigenvalue weighted by molar-refractivity contribution is -0.119. The molecule has 2 aromatic rings. The fourth-order valence-corrected chi connectivity index (χ4v) is 5.92. The average Bonchev–Trinajstić information content (AvgIpc) is 3.64. The predicted molar refractivity (Wildman–Crippen MR) is 145 cm³/mol. The molecule has 4 aliphatic rings. The first-order valence-corrected chi connectivity index (χ1v) is 14.1. The van der Waals surface area contributed by atoms with E-state index >= 15 is 0 Å². The first-order chi connectivity index (χ1) is 17.8. The molecule has 0 saturated carbocycles. The maximum absolute atomic E-state index is 11.5. The fraction of sp³-hybridized carbons (Fsp3) is 0.273. The van der Waals surface area contributed by atoms with Gasteiger partial charge >= 0.3 is 14.2 Å². The molecule has 6 rings (SSSR count). The van der Waals surface area contributed by atoms with Crippen molar-refractivity contribution in [2.24, 2.45) is 0 Å². The number of hydrogen-bond donors (Lipinski definition) is 4. The van der Waals surface area contributed by atoms with Crippen molar-refractivity contribution >= 4 is 86.9 Å². The molecule has 192 valence electrons. The van der Waals surface area contributed by atoms with Crippen LogP contribution in [0.4, 0.5) is 9.59 Å². The number of carbonyl (C=O) groups excluding carboxylic acids is 4. The van der Waals surface area contributed by atoms with Gasteiger partial charge in [0.15, 0.2) is 0 Å². The third-order valence-electron chi connectivity index (χ3n) is 5.75. The van der Waals surface area contributed by atoms with Crippen molar-refractivity contribution < 1.29 is 38.5 Å². The number of thioether (sulfide) groups is 2. The summed E-state index contributed by atoms with van der Waals surface area (Å²) in [7, 11) is -1.66. The topological polar surface area (TPSA) is 151 Å². The van der Waals surface area contributed by atoms with Crippen LogP contribution in [-0.2, 0) is 43.9 Å². The number of alkyl halides is 1. The van der Waals surface area contributed by atoms with Crippen LogP contribution in [0.1, 0.15) is 22.3 Å². The zero-order valence-electron chi connectivity index (χ0n) is 19.3. The molecule has 10 nitrogen and oxygen atoms in total. The minimum absolute atomic E-state index is 0.185. The maximum atomic E-state index is 11.5. The van der Waals surface area contributed by atoms with Crippen LogP contribution >= 0.6 is 39.5 Å². The van der Waals surface area contributed by atoms with Crippen molar-refractivity contribution in [2.45, 2.75) is 30.2 Å². The number of amides is 4. The van der Waals surface area contributed by atoms with Gasteiger partial charge in [-0.1, -0.05) is 75.9 Å². The SMILES string of the molecule is O=C1CSC(=O)N1.O=C1NC(=O)C(Cc2cccc3c2B(O)OC3)S1.OB1OCc2cccc(CBr)c21. The lowest BCUT2D eigenvalue weighted by atomic mass is 9.75. The van der Waals surface area contributed by atoms with Crippen LogP contribution in [0.15, 0.2) is 36.4 Å². The van der Waals surface area contributed by atoms with Gasteiger partial charge in [-0.3, -0.25) is 29.8 Å². The lowest BCUT2D eigenvalue weighted by Gasteiger charge is -2.10. The zero-order valence-corrected chi connectivity index (χ0v) is 22.5. The first-order valence-electron chi connectivity index (χ1n) is 11.1. The molecule has 4 amide bonds. The van der Waals surface area contributed by atoms with Gasteiger partial charge in [0.2, 0.25) is 11.8 Å². The quantitative estimate of drug-likeness (QED) is 0.288. The van der Waals surface area contributed by atoms with E-state index in [4.69, 9.17) is 9.31 Å². The molecular weight excluding hydrogens is 586 g/mol. The van der Waals surface area contributed by atoms with Crippen LogP contribution in [0.3, 0.4) is 0 Å². The van der Waals surface area contributed by atoms with E-state index in [0.717, 1.165) is 62.0 Å². The van der Waals surface area contributed by atoms with E-state index < -0.39 is 19.5 Å². The number of imide groups is 2. The monoisotopic (exact) mass is 606 g/mol. The van der Waals surface area contributed by atoms with Crippen LogP contribution < -0.4 is 21.6 Å². The Kier molecular flexibility index (Phi) is 9.51. The Morgan fingerprint density at radius 1 is 0.892 bits per heavy atom. The molecule has 0 aromatic heterocycles. The molecule has 2 saturated heterocycles. The molecule has 0 bridgehead atoms. The first kappa shape index (κ1) is 27.9. The highest BCUT2D eigenvalue weighted by atomic mass is 79.9. The van der Waals surface area contributed by atoms with Crippen LogP contribution in [0.2, 0.25) is 0 Å². The lowest BCUT2D eigenvalue weighted by Crippen LogP contribution is -2.34. The summed E-state index contributed by atoms with van der Waals surface area (Å²) in [6.45, 7) is 0.907. The van der Waals surface area contributed by atoms with Crippen LogP contribution in [0, 0.1) is 0 Å². The number of fused-ring (bicyclic) bond motifs is 2. The van der Waals surface area contributed by atoms with Crippen molar-refractivity contribution in [2.75, 3.05) is 5.75 Å². The Morgan fingerprint density at radius 3 is 1.95 bits per heavy atom. The van der Waals surface area contributed by atoms with Crippen LogP contribution in [-0.4, -0.2) is 57.6 Å². The highest BCUT2D eigenvalue weighted by Crippen LogP contribution is 2.24. The second kappa shape index (κ2) is 12.6. The third-order valence-corrected chi connectivity index (χ3v) is 8.11. The van der Waals surface area contributed by atoms with Gasteiger partial charge in [0.25, 0.3) is 10.5 Å². The van der Waals surface area contributed by atoms with Gasteiger partial charge in [-0.2, -0.15) is 0 Å². The summed E-state index contributed by atoms with van der Waals surface area (Å²) in [5, 5.41) is 23.4. The largest absolute Gasteiger partial charge is 0.492 e. The molecule has 15 heteroatoms. The number of halogens is 1. The standard InChI is InChI=1S/C11H10BNO4S.C8H8BBrO2.C3H3NO2S/c14-10-8(18-11(15)13-10)4-6-2-1-3-7-5-17-12(16)9(6)7;10-4-6-2-1-3-7-5-12-9(11)8(6)7;5-2-1-7-3(6)4-2/h1-3,8,16H,4-5H2,(H,13,14,15);1-3,11H,4-5H2;1H2,(H,4,5,6). The number of rotatable bonds is 3. The Bertz CT molecular complexity index is 1220. The zero-order chi connectivity index (χ0) is 26.5. The van der Waals surface area contributed by atoms with Gasteiger partial charge in [0.1, 0.15) is 0 Å². The van der Waals surface area contributed by atoms with Gasteiger partial charge in [-0.25, -0.2) is 0 Å². The molecule has 0 radical (unpaired) electrons. The Labute approximate surface area is 230 Å². The molecule has 37 heavy (non-hydrogen) atoms. The number of nitrogens with one attached hydrogen (secondary N) is 2. The van der Waals surface area contributed by atoms with E-state index in [0.29, 0.717) is 25.4 Å². The second-order valence-corrected chi connectivity index (χ2v) is 10.8. The van der Waals surface area contributed by atoms with Gasteiger partial charge < -0.3 is 19.4 Å². The average molecular weight is 607 g/mol. The van der Waals surface area contributed by atoms with Crippen LogP contribution in [0.5, 0.6) is 0 Å². The molecular formula is C22H21B2BrN2O8S2. The molecule has 4 heterocycles. The molecule has 4 N–H and O–H groups in total. The van der Waals surface area contributed by atoms with Crippen molar-refractivity contribution in [3.05, 3.63) is 58.7 Å². The molecule has 2 aromatic carbocycles. The van der Waals surface area contributed by atoms with E-state index in [2.05, 4.69) is 26.6 Å². The van der Waals surface area contributed by atoms with E-state index in [-0.39, 0.29) is 22.3 Å². The van der Waals surface area contributed by atoms with Gasteiger partial charge in [-0.05, 0) is 39.6 Å². The molecule has 1 atom stereocenters. The summed E-state index contributed by atoms with van der Waals surface area (Å²) in [6, 6.07) is 11.6. The van der Waals surface area contributed by atoms with Crippen molar-refractivity contribution in [1.82, 2.24) is 10.6 Å². The number of hydrogen-bond acceptors (Lipinski definition) is 10. The summed E-state index contributed by atoms with van der Waals surface area (Å²) in [6.07, 6.45) is 0.422. The van der Waals surface area contributed by atoms with Gasteiger partial charge in [-0.15, -0.1) is 0 Å². The van der Waals surface area contributed by atoms with Crippen LogP contribution in [0.25, 0.3) is 0 Å². The summed E-state index contributed by atoms with van der Waals surface area (Å²) in [4.78, 5) is 42.8. The van der Waals surface area contributed by atoms with Crippen molar-refractivity contribution in [3.8, 4) is 0 Å². The molecule has 2 fully saturated rings. The number of carbonyl (C=O) groups is 4. The molecule has 0 spiro atoms. The highest BCUT2D eigenvalue weighted by Gasteiger charge is 2.35. The Hall–Kier alpha value is -2.13. The highest BCUT2D eigenvalue weighted by molar-refractivity contribution is 9.08. The van der Waals surface area contributed by atoms with E-state index in [1.807, 2.05) is 36.4 Å². The summed E-state index contributed by atoms with van der Waals surface area (Å²) < 4.78 is 10.3. The number of benzene rings is 2. The van der Waals surface area contributed by atoms with Gasteiger partial charge in [0.05, 0.1) is 24.2 Å². The second-order valence-electron chi connectivity index (χ2n) is 8.15. The predicted octanol–water partition coefficient (Wildman–Crippen LogP) is 0.567. The molecule has 1 unspecified atom stereocenters. The Balaban J connectivity index is 0.000000144. The molecule has 4 aliphatic heterocycles. The smallest absolute Gasteiger partial charge is 0.423 e. The maximum Gasteiger partial charge on any atom is 0.492 e. The van der Waals surface area contributed by atoms with Crippen molar-refractivity contribution in [3.63, 3.8) is 0 Å². The van der Waals surface area contributed by atoms with Gasteiger partial charge in [0, 0.05) is 5.33 Å². The van der Waals surface area contributed by atoms with E-state index in [9.17, 15) is 29.2 Å². The summed E-state index contributed by atoms with van der Waals surface area (Å²) >= 11 is 5.37. The third kappa shape index (κ3) is 6.85. The normalized spacial score (nSPS) is 19.5. The minimum Gasteiger partial charge on any atom is -0.423 e. The minimum atomic E-state index is -0.929. The molecule has 0 aliphatic carbocycles. The van der Waals surface area contributed by atoms with E-state index in [1.54, 1.807) is 0 Å². The van der Waals surface area contributed by atoms with E-state index in [1.165, 1.54) is 0 Å². The summed E-state index contributed by atoms with van der Waals surface area (Å²) in [5.74, 6) is -0.162. The fourth-order valence-electron chi connectivity index (χ4n) is 4.06. The summed E-state index contributed by atoms with van der Waals surface area (Å²) in [5.41, 5.74) is 5.69.